The zero-order valence-corrected chi connectivity index (χ0v) is 23.7. The molecule has 0 unspecified atom stereocenters. The standard InChI is InChI=1S/C33H42N2O4/c1-5-35(25-27-12-8-9-13-33(27)38-4)22-10-6-7-11-23-39-29-19-20-30(32(37)24-29)31(36)21-16-26-14-17-28(18-15-26)34(2)3/h8-9,12-21,24,37H,5-7,10-11,22-23,25H2,1-4H3/b21-16+. The maximum atomic E-state index is 12.6. The van der Waals surface area contributed by atoms with E-state index in [-0.39, 0.29) is 17.1 Å². The Kier molecular flexibility index (Phi) is 11.9. The lowest BCUT2D eigenvalue weighted by Gasteiger charge is -2.21. The molecule has 0 aromatic heterocycles. The average molecular weight is 531 g/mol. The monoisotopic (exact) mass is 530 g/mol. The summed E-state index contributed by atoms with van der Waals surface area (Å²) in [6.07, 6.45) is 7.52. The minimum Gasteiger partial charge on any atom is -0.507 e. The number of carbonyl (C=O) groups is 1. The SMILES string of the molecule is CCN(CCCCCCOc1ccc(C(=O)/C=C/c2ccc(N(C)C)cc2)c(O)c1)Cc1ccccc1OC. The van der Waals surface area contributed by atoms with Crippen LogP contribution >= 0.6 is 0 Å². The highest BCUT2D eigenvalue weighted by Crippen LogP contribution is 2.25. The van der Waals surface area contributed by atoms with Gasteiger partial charge in [0.05, 0.1) is 19.3 Å². The van der Waals surface area contributed by atoms with Crippen molar-refractivity contribution in [3.05, 3.63) is 89.5 Å². The number of methoxy groups -OCH3 is 1. The molecule has 208 valence electrons. The summed E-state index contributed by atoms with van der Waals surface area (Å²) < 4.78 is 11.3. The molecule has 3 aromatic carbocycles. The quantitative estimate of drug-likeness (QED) is 0.125. The van der Waals surface area contributed by atoms with E-state index in [2.05, 4.69) is 24.0 Å². The number of ether oxygens (including phenoxy) is 2. The molecule has 6 heteroatoms. The number of unbranched alkanes of at least 4 members (excludes halogenated alkanes) is 3. The number of phenols is 1. The number of phenolic OH excluding ortho intramolecular Hbond substituents is 1. The summed E-state index contributed by atoms with van der Waals surface area (Å²) in [6.45, 7) is 5.72. The van der Waals surface area contributed by atoms with Crippen LogP contribution < -0.4 is 14.4 Å². The summed E-state index contributed by atoms with van der Waals surface area (Å²) in [4.78, 5) is 17.0. The highest BCUT2D eigenvalue weighted by Gasteiger charge is 2.10. The van der Waals surface area contributed by atoms with Gasteiger partial charge >= 0.3 is 0 Å². The Morgan fingerprint density at radius 1 is 0.949 bits per heavy atom. The van der Waals surface area contributed by atoms with Crippen molar-refractivity contribution in [3.8, 4) is 17.2 Å². The number of hydrogen-bond acceptors (Lipinski definition) is 6. The van der Waals surface area contributed by atoms with Crippen LogP contribution in [0.2, 0.25) is 0 Å². The van der Waals surface area contributed by atoms with E-state index in [0.29, 0.717) is 12.4 Å². The Labute approximate surface area is 233 Å². The van der Waals surface area contributed by atoms with Gasteiger partial charge in [-0.1, -0.05) is 56.2 Å². The number of benzene rings is 3. The second-order valence-corrected chi connectivity index (χ2v) is 9.81. The smallest absolute Gasteiger partial charge is 0.189 e. The molecule has 0 aliphatic carbocycles. The second-order valence-electron chi connectivity index (χ2n) is 9.81. The molecule has 1 N–H and O–H groups in total. The molecule has 6 nitrogen and oxygen atoms in total. The number of nitrogens with zero attached hydrogens (tertiary/aromatic N) is 2. The van der Waals surface area contributed by atoms with Crippen molar-refractivity contribution in [2.45, 2.75) is 39.2 Å². The Balaban J connectivity index is 1.36. The van der Waals surface area contributed by atoms with Gasteiger partial charge in [0.1, 0.15) is 17.2 Å². The van der Waals surface area contributed by atoms with Gasteiger partial charge in [-0.05, 0) is 67.9 Å². The van der Waals surface area contributed by atoms with Crippen LogP contribution in [0.4, 0.5) is 5.69 Å². The molecular weight excluding hydrogens is 488 g/mol. The molecule has 39 heavy (non-hydrogen) atoms. The van der Waals surface area contributed by atoms with Crippen LogP contribution in [0.15, 0.2) is 72.8 Å². The molecule has 3 aromatic rings. The number of anilines is 1. The number of rotatable bonds is 16. The Hall–Kier alpha value is -3.77. The Morgan fingerprint density at radius 3 is 2.38 bits per heavy atom. The van der Waals surface area contributed by atoms with Crippen molar-refractivity contribution >= 4 is 17.5 Å². The Bertz CT molecular complexity index is 1200. The van der Waals surface area contributed by atoms with Crippen molar-refractivity contribution in [2.24, 2.45) is 0 Å². The van der Waals surface area contributed by atoms with Gasteiger partial charge in [0.2, 0.25) is 0 Å². The third-order valence-corrected chi connectivity index (χ3v) is 6.74. The van der Waals surface area contributed by atoms with Crippen LogP contribution in [-0.4, -0.2) is 56.7 Å². The van der Waals surface area contributed by atoms with Crippen molar-refractivity contribution in [1.29, 1.82) is 0 Å². The molecule has 0 bridgehead atoms. The van der Waals surface area contributed by atoms with Gasteiger partial charge in [-0.3, -0.25) is 9.69 Å². The molecule has 0 saturated carbocycles. The fourth-order valence-electron chi connectivity index (χ4n) is 4.36. The fraction of sp³-hybridized carbons (Fsp3) is 0.364. The number of para-hydroxylation sites is 1. The van der Waals surface area contributed by atoms with Crippen LogP contribution in [0.1, 0.15) is 54.1 Å². The largest absolute Gasteiger partial charge is 0.507 e. The lowest BCUT2D eigenvalue weighted by atomic mass is 10.1. The minimum atomic E-state index is -0.248. The predicted molar refractivity (Wildman–Crippen MR) is 160 cm³/mol. The highest BCUT2D eigenvalue weighted by molar-refractivity contribution is 6.08. The van der Waals surface area contributed by atoms with Crippen LogP contribution in [0.25, 0.3) is 6.08 Å². The zero-order chi connectivity index (χ0) is 28.0. The molecule has 0 atom stereocenters. The van der Waals surface area contributed by atoms with Crippen LogP contribution in [0.5, 0.6) is 17.2 Å². The first kappa shape index (κ1) is 29.8. The van der Waals surface area contributed by atoms with Crippen LogP contribution in [0, 0.1) is 0 Å². The molecule has 0 heterocycles. The lowest BCUT2D eigenvalue weighted by molar-refractivity contribution is 0.104. The number of allylic oxidation sites excluding steroid dienone is 1. The van der Waals surface area contributed by atoms with Crippen molar-refractivity contribution in [2.75, 3.05) is 45.8 Å². The van der Waals surface area contributed by atoms with Crippen LogP contribution in [0.3, 0.4) is 0 Å². The molecule has 0 saturated heterocycles. The fourth-order valence-corrected chi connectivity index (χ4v) is 4.36. The molecule has 0 aliphatic heterocycles. The first-order chi connectivity index (χ1) is 18.9. The third kappa shape index (κ3) is 9.48. The van der Waals surface area contributed by atoms with E-state index >= 15 is 0 Å². The molecule has 0 aliphatic rings. The normalized spacial score (nSPS) is 11.2. The molecule has 0 spiro atoms. The summed E-state index contributed by atoms with van der Waals surface area (Å²) in [6, 6.07) is 21.0. The first-order valence-electron chi connectivity index (χ1n) is 13.7. The summed E-state index contributed by atoms with van der Waals surface area (Å²) in [5.74, 6) is 1.20. The first-order valence-corrected chi connectivity index (χ1v) is 13.7. The van der Waals surface area contributed by atoms with Crippen molar-refractivity contribution in [1.82, 2.24) is 4.90 Å². The van der Waals surface area contributed by atoms with Crippen molar-refractivity contribution in [3.63, 3.8) is 0 Å². The molecule has 3 rings (SSSR count). The van der Waals surface area contributed by atoms with E-state index in [1.807, 2.05) is 55.4 Å². The maximum Gasteiger partial charge on any atom is 0.189 e. The molecular formula is C33H42N2O4. The highest BCUT2D eigenvalue weighted by atomic mass is 16.5. The van der Waals surface area contributed by atoms with E-state index in [9.17, 15) is 9.90 Å². The maximum absolute atomic E-state index is 12.6. The van der Waals surface area contributed by atoms with Gasteiger partial charge in [0, 0.05) is 38.0 Å². The van der Waals surface area contributed by atoms with E-state index in [4.69, 9.17) is 9.47 Å². The van der Waals surface area contributed by atoms with E-state index < -0.39 is 0 Å². The van der Waals surface area contributed by atoms with Gasteiger partial charge in [0.25, 0.3) is 0 Å². The van der Waals surface area contributed by atoms with E-state index in [1.165, 1.54) is 17.7 Å². The summed E-state index contributed by atoms with van der Waals surface area (Å²) in [5, 5.41) is 10.4. The lowest BCUT2D eigenvalue weighted by Crippen LogP contribution is -2.24. The van der Waals surface area contributed by atoms with E-state index in [1.54, 1.807) is 25.3 Å². The van der Waals surface area contributed by atoms with Gasteiger partial charge in [-0.15, -0.1) is 0 Å². The molecule has 0 fully saturated rings. The minimum absolute atomic E-state index is 0.0696. The van der Waals surface area contributed by atoms with Gasteiger partial charge in [-0.2, -0.15) is 0 Å². The van der Waals surface area contributed by atoms with Gasteiger partial charge in [0.15, 0.2) is 5.78 Å². The van der Waals surface area contributed by atoms with Crippen molar-refractivity contribution < 1.29 is 19.4 Å². The van der Waals surface area contributed by atoms with Gasteiger partial charge in [-0.25, -0.2) is 0 Å². The average Bonchev–Trinajstić information content (AvgIpc) is 2.95. The predicted octanol–water partition coefficient (Wildman–Crippen LogP) is 6.82. The van der Waals surface area contributed by atoms with Gasteiger partial charge < -0.3 is 19.5 Å². The van der Waals surface area contributed by atoms with E-state index in [0.717, 1.165) is 62.3 Å². The number of hydrogen-bond donors (Lipinski definition) is 1. The Morgan fingerprint density at radius 2 is 1.69 bits per heavy atom. The topological polar surface area (TPSA) is 62.2 Å². The third-order valence-electron chi connectivity index (χ3n) is 6.74. The number of ketones is 1. The number of aromatic hydroxyl groups is 1. The summed E-state index contributed by atoms with van der Waals surface area (Å²) in [5.41, 5.74) is 3.50. The second kappa shape index (κ2) is 15.6. The summed E-state index contributed by atoms with van der Waals surface area (Å²) >= 11 is 0. The number of carbonyl (C=O) groups excluding carboxylic acids is 1. The van der Waals surface area contributed by atoms with Crippen LogP contribution in [-0.2, 0) is 6.54 Å². The zero-order valence-electron chi connectivity index (χ0n) is 23.7. The molecule has 0 amide bonds. The summed E-state index contributed by atoms with van der Waals surface area (Å²) in [7, 11) is 5.69. The molecule has 0 radical (unpaired) electrons.